The van der Waals surface area contributed by atoms with E-state index in [0.717, 1.165) is 43.5 Å². The molecular formula is C30H32F3N3O5. The van der Waals surface area contributed by atoms with Crippen LogP contribution < -0.4 is 9.64 Å². The highest BCUT2D eigenvalue weighted by molar-refractivity contribution is 5.90. The minimum Gasteiger partial charge on any atom is -0.465 e. The van der Waals surface area contributed by atoms with Crippen LogP contribution in [0.5, 0.6) is 5.75 Å². The fraction of sp³-hybridized carbons (Fsp3) is 0.500. The van der Waals surface area contributed by atoms with Gasteiger partial charge in [0.25, 0.3) is 0 Å². The van der Waals surface area contributed by atoms with E-state index in [9.17, 15) is 18.0 Å². The number of hydrogen-bond acceptors (Lipinski definition) is 8. The van der Waals surface area contributed by atoms with Crippen molar-refractivity contribution in [3.63, 3.8) is 0 Å². The molecule has 218 valence electrons. The number of alkyl halides is 3. The summed E-state index contributed by atoms with van der Waals surface area (Å²) in [5.74, 6) is 1.42. The van der Waals surface area contributed by atoms with Crippen LogP contribution in [0.3, 0.4) is 0 Å². The molecule has 6 rings (SSSR count). The molecule has 0 amide bonds. The molecule has 4 atom stereocenters. The predicted octanol–water partition coefficient (Wildman–Crippen LogP) is 6.57. The number of aromatic nitrogens is 2. The summed E-state index contributed by atoms with van der Waals surface area (Å²) in [7, 11) is 1.35. The molecule has 4 unspecified atom stereocenters. The Morgan fingerprint density at radius 1 is 1.17 bits per heavy atom. The summed E-state index contributed by atoms with van der Waals surface area (Å²) in [4.78, 5) is 19.0. The molecule has 0 radical (unpaired) electrons. The predicted molar refractivity (Wildman–Crippen MR) is 143 cm³/mol. The topological polar surface area (TPSA) is 86.9 Å². The molecule has 2 bridgehead atoms. The molecule has 3 fully saturated rings. The lowest BCUT2D eigenvalue weighted by Gasteiger charge is -2.40. The van der Waals surface area contributed by atoms with Crippen molar-refractivity contribution in [2.45, 2.75) is 83.0 Å². The van der Waals surface area contributed by atoms with Crippen molar-refractivity contribution in [1.82, 2.24) is 10.1 Å². The molecule has 0 spiro atoms. The Kier molecular flexibility index (Phi) is 7.17. The zero-order chi connectivity index (χ0) is 28.9. The van der Waals surface area contributed by atoms with Crippen molar-refractivity contribution in [2.24, 2.45) is 5.92 Å². The third-order valence-corrected chi connectivity index (χ3v) is 8.45. The van der Waals surface area contributed by atoms with Gasteiger partial charge in [0.05, 0.1) is 25.4 Å². The number of rotatable bonds is 8. The van der Waals surface area contributed by atoms with Gasteiger partial charge in [-0.1, -0.05) is 24.2 Å². The molecule has 4 heterocycles. The first-order valence-electron chi connectivity index (χ1n) is 13.9. The maximum Gasteiger partial charge on any atom is 0.573 e. The first-order chi connectivity index (χ1) is 19.6. The summed E-state index contributed by atoms with van der Waals surface area (Å²) in [5, 5.41) is 4.19. The van der Waals surface area contributed by atoms with Crippen molar-refractivity contribution in [2.75, 3.05) is 12.0 Å². The van der Waals surface area contributed by atoms with Gasteiger partial charge in [-0.15, -0.1) is 13.2 Å². The average molecular weight is 572 g/mol. The summed E-state index contributed by atoms with van der Waals surface area (Å²) >= 11 is 0. The Labute approximate surface area is 235 Å². The molecule has 0 N–H and O–H groups in total. The summed E-state index contributed by atoms with van der Waals surface area (Å²) in [5.41, 5.74) is 2.50. The lowest BCUT2D eigenvalue weighted by molar-refractivity contribution is -0.274. The second-order valence-electron chi connectivity index (χ2n) is 11.3. The van der Waals surface area contributed by atoms with Crippen LogP contribution in [0.25, 0.3) is 11.3 Å². The smallest absolute Gasteiger partial charge is 0.465 e. The molecule has 3 aromatic rings. The molecule has 1 aliphatic carbocycles. The Morgan fingerprint density at radius 3 is 2.63 bits per heavy atom. The summed E-state index contributed by atoms with van der Waals surface area (Å²) in [6, 6.07) is 8.35. The van der Waals surface area contributed by atoms with Crippen molar-refractivity contribution in [1.29, 1.82) is 0 Å². The van der Waals surface area contributed by atoms with Gasteiger partial charge in [-0.2, -0.15) is 0 Å². The number of benzene rings is 1. The van der Waals surface area contributed by atoms with E-state index >= 15 is 0 Å². The summed E-state index contributed by atoms with van der Waals surface area (Å²) < 4.78 is 60.6. The van der Waals surface area contributed by atoms with Crippen LogP contribution >= 0.6 is 0 Å². The number of nitrogens with zero attached hydrogens (tertiary/aromatic N) is 3. The monoisotopic (exact) mass is 571 g/mol. The number of halogens is 3. The molecule has 1 aromatic carbocycles. The number of ether oxygens (including phenoxy) is 3. The van der Waals surface area contributed by atoms with Gasteiger partial charge in [-0.05, 0) is 68.7 Å². The van der Waals surface area contributed by atoms with Crippen LogP contribution in [-0.2, 0) is 16.1 Å². The largest absolute Gasteiger partial charge is 0.573 e. The Hall–Kier alpha value is -3.60. The van der Waals surface area contributed by atoms with E-state index in [1.165, 1.54) is 19.2 Å². The van der Waals surface area contributed by atoms with E-state index in [1.54, 1.807) is 18.3 Å². The number of para-hydroxylation sites is 1. The molecule has 11 heteroatoms. The Morgan fingerprint density at radius 2 is 1.95 bits per heavy atom. The number of aryl methyl sites for hydroxylation is 1. The number of fused-ring (bicyclic) bond motifs is 2. The maximum absolute atomic E-state index is 13.1. The molecule has 3 aliphatic rings. The molecular weight excluding hydrogens is 539 g/mol. The number of esters is 1. The quantitative estimate of drug-likeness (QED) is 0.281. The van der Waals surface area contributed by atoms with Crippen molar-refractivity contribution < 1.29 is 36.7 Å². The minimum absolute atomic E-state index is 0.0434. The van der Waals surface area contributed by atoms with Crippen LogP contribution in [0.15, 0.2) is 41.1 Å². The fourth-order valence-electron chi connectivity index (χ4n) is 6.39. The third kappa shape index (κ3) is 5.51. The normalized spacial score (nSPS) is 24.0. The van der Waals surface area contributed by atoms with E-state index in [4.69, 9.17) is 14.0 Å². The number of hydrogen-bond donors (Lipinski definition) is 0. The fourth-order valence-corrected chi connectivity index (χ4v) is 6.39. The standard InChI is InChI=1S/C30H32F3N3O5/c1-16-11-26(34-14-22(16)29(37)38-3)36-19-10-17(2)24(36)13-20(12-19)39-15-23-27(35-41-28(23)18-8-9-18)21-6-4-5-7-25(21)40-30(31,32)33/h4-7,11,14,17-20,24H,8-10,12-13,15H2,1-3H3. The molecule has 2 aliphatic heterocycles. The molecule has 2 aromatic heterocycles. The van der Waals surface area contributed by atoms with Crippen LogP contribution in [0, 0.1) is 12.8 Å². The van der Waals surface area contributed by atoms with Crippen molar-refractivity contribution >= 4 is 11.8 Å². The van der Waals surface area contributed by atoms with Gasteiger partial charge >= 0.3 is 12.3 Å². The van der Waals surface area contributed by atoms with Crippen molar-refractivity contribution in [3.8, 4) is 17.0 Å². The van der Waals surface area contributed by atoms with Crippen molar-refractivity contribution in [3.05, 3.63) is 59.0 Å². The van der Waals surface area contributed by atoms with Gasteiger partial charge in [0.2, 0.25) is 0 Å². The van der Waals surface area contributed by atoms with Crippen LogP contribution in [-0.4, -0.2) is 47.8 Å². The highest BCUT2D eigenvalue weighted by atomic mass is 19.4. The van der Waals surface area contributed by atoms with E-state index in [1.807, 2.05) is 13.0 Å². The number of methoxy groups -OCH3 is 1. The summed E-state index contributed by atoms with van der Waals surface area (Å²) in [6.45, 7) is 4.30. The third-order valence-electron chi connectivity index (χ3n) is 8.45. The number of pyridine rings is 1. The minimum atomic E-state index is -4.83. The van der Waals surface area contributed by atoms with E-state index in [2.05, 4.69) is 26.7 Å². The number of piperidine rings is 1. The maximum atomic E-state index is 13.1. The van der Waals surface area contributed by atoms with Crippen LogP contribution in [0.4, 0.5) is 19.0 Å². The lowest BCUT2D eigenvalue weighted by Crippen LogP contribution is -2.47. The molecule has 2 saturated heterocycles. The average Bonchev–Trinajstić information content (AvgIpc) is 3.65. The van der Waals surface area contributed by atoms with E-state index in [0.29, 0.717) is 28.5 Å². The molecule has 8 nitrogen and oxygen atoms in total. The number of carbonyl (C=O) groups is 1. The first kappa shape index (κ1) is 27.6. The number of anilines is 1. The van der Waals surface area contributed by atoms with E-state index in [-0.39, 0.29) is 42.0 Å². The highest BCUT2D eigenvalue weighted by Crippen LogP contribution is 2.47. The van der Waals surface area contributed by atoms with Gasteiger partial charge in [-0.3, -0.25) is 0 Å². The second-order valence-corrected chi connectivity index (χ2v) is 11.3. The Bertz CT molecular complexity index is 1440. The summed E-state index contributed by atoms with van der Waals surface area (Å²) in [6.07, 6.45) is 1.17. The van der Waals surface area contributed by atoms with Gasteiger partial charge < -0.3 is 23.6 Å². The van der Waals surface area contributed by atoms with E-state index < -0.39 is 12.3 Å². The van der Waals surface area contributed by atoms with Gasteiger partial charge in [0.15, 0.2) is 0 Å². The zero-order valence-corrected chi connectivity index (χ0v) is 23.1. The van der Waals surface area contributed by atoms with Gasteiger partial charge in [0.1, 0.15) is 23.0 Å². The Balaban J connectivity index is 1.21. The lowest BCUT2D eigenvalue weighted by atomic mass is 9.96. The second kappa shape index (κ2) is 10.7. The highest BCUT2D eigenvalue weighted by Gasteiger charge is 2.46. The first-order valence-corrected chi connectivity index (χ1v) is 13.9. The van der Waals surface area contributed by atoms with Crippen LogP contribution in [0.2, 0.25) is 0 Å². The van der Waals surface area contributed by atoms with Crippen LogP contribution in [0.1, 0.15) is 72.2 Å². The molecule has 1 saturated carbocycles. The SMILES string of the molecule is COC(=O)c1cnc(N2C3CC(OCc4c(-c5ccccc5OC(F)(F)F)noc4C4CC4)CC2C(C)C3)cc1C. The number of carbonyl (C=O) groups excluding carboxylic acids is 1. The van der Waals surface area contributed by atoms with Gasteiger partial charge in [-0.25, -0.2) is 9.78 Å². The molecule has 41 heavy (non-hydrogen) atoms. The zero-order valence-electron chi connectivity index (χ0n) is 23.1. The van der Waals surface area contributed by atoms with Gasteiger partial charge in [0, 0.05) is 35.3 Å².